The van der Waals surface area contributed by atoms with E-state index in [1.165, 1.54) is 11.3 Å². The van der Waals surface area contributed by atoms with E-state index in [0.29, 0.717) is 23.9 Å². The maximum Gasteiger partial charge on any atom is 0.270 e. The van der Waals surface area contributed by atoms with Gasteiger partial charge in [-0.25, -0.2) is 4.98 Å². The number of furan rings is 1. The van der Waals surface area contributed by atoms with Crippen molar-refractivity contribution in [1.29, 1.82) is 0 Å². The summed E-state index contributed by atoms with van der Waals surface area (Å²) in [5.74, 6) is 1.82. The summed E-state index contributed by atoms with van der Waals surface area (Å²) in [4.78, 5) is 16.3. The molecule has 0 bridgehead atoms. The van der Waals surface area contributed by atoms with Gasteiger partial charge in [0.05, 0.1) is 6.61 Å². The van der Waals surface area contributed by atoms with Gasteiger partial charge >= 0.3 is 0 Å². The number of nitrogens with zero attached hydrogens (tertiary/aromatic N) is 1. The van der Waals surface area contributed by atoms with Gasteiger partial charge in [-0.3, -0.25) is 4.79 Å². The highest BCUT2D eigenvalue weighted by Crippen LogP contribution is 2.25. The van der Waals surface area contributed by atoms with Crippen LogP contribution in [0, 0.1) is 12.8 Å². The van der Waals surface area contributed by atoms with Crippen LogP contribution in [-0.4, -0.2) is 30.6 Å². The molecule has 0 unspecified atom stereocenters. The Morgan fingerprint density at radius 1 is 1.55 bits per heavy atom. The molecule has 1 fully saturated rings. The van der Waals surface area contributed by atoms with Gasteiger partial charge in [0.1, 0.15) is 11.5 Å². The summed E-state index contributed by atoms with van der Waals surface area (Å²) in [6.07, 6.45) is 1.01. The molecule has 1 amide bonds. The predicted octanol–water partition coefficient (Wildman–Crippen LogP) is 2.48. The van der Waals surface area contributed by atoms with Crippen LogP contribution in [-0.2, 0) is 4.74 Å². The van der Waals surface area contributed by atoms with Crippen LogP contribution in [0.2, 0.25) is 0 Å². The van der Waals surface area contributed by atoms with E-state index in [1.54, 1.807) is 5.38 Å². The summed E-state index contributed by atoms with van der Waals surface area (Å²) in [7, 11) is 0. The minimum Gasteiger partial charge on any atom is -0.459 e. The molecule has 2 aromatic rings. The number of hydrogen-bond donors (Lipinski definition) is 1. The van der Waals surface area contributed by atoms with E-state index in [9.17, 15) is 4.79 Å². The Morgan fingerprint density at radius 3 is 3.15 bits per heavy atom. The van der Waals surface area contributed by atoms with Gasteiger partial charge in [0.2, 0.25) is 0 Å². The van der Waals surface area contributed by atoms with Crippen LogP contribution >= 0.6 is 11.3 Å². The fourth-order valence-electron chi connectivity index (χ4n) is 2.11. The molecular formula is C14H16N2O3S. The first-order valence-electron chi connectivity index (χ1n) is 6.60. The number of carbonyl (C=O) groups is 1. The molecule has 5 nitrogen and oxygen atoms in total. The maximum absolute atomic E-state index is 12.0. The van der Waals surface area contributed by atoms with Gasteiger partial charge in [-0.2, -0.15) is 0 Å². The highest BCUT2D eigenvalue weighted by molar-refractivity contribution is 7.13. The molecule has 106 valence electrons. The number of amides is 1. The number of hydrogen-bond acceptors (Lipinski definition) is 5. The van der Waals surface area contributed by atoms with E-state index in [1.807, 2.05) is 19.1 Å². The normalized spacial score (nSPS) is 18.4. The van der Waals surface area contributed by atoms with Gasteiger partial charge in [0, 0.05) is 24.4 Å². The summed E-state index contributed by atoms with van der Waals surface area (Å²) < 4.78 is 10.8. The predicted molar refractivity (Wildman–Crippen MR) is 75.8 cm³/mol. The fourth-order valence-corrected chi connectivity index (χ4v) is 2.87. The Kier molecular flexibility index (Phi) is 3.84. The number of aromatic nitrogens is 1. The first-order valence-corrected chi connectivity index (χ1v) is 7.48. The Bertz CT molecular complexity index is 599. The summed E-state index contributed by atoms with van der Waals surface area (Å²) in [6.45, 7) is 4.05. The molecule has 1 aliphatic rings. The second-order valence-corrected chi connectivity index (χ2v) is 5.75. The van der Waals surface area contributed by atoms with E-state index in [0.717, 1.165) is 30.4 Å². The second kappa shape index (κ2) is 5.76. The van der Waals surface area contributed by atoms with E-state index in [2.05, 4.69) is 10.3 Å². The second-order valence-electron chi connectivity index (χ2n) is 4.89. The van der Waals surface area contributed by atoms with Crippen molar-refractivity contribution in [1.82, 2.24) is 10.3 Å². The molecule has 0 aliphatic carbocycles. The molecule has 1 aliphatic heterocycles. The lowest BCUT2D eigenvalue weighted by Gasteiger charge is -2.07. The lowest BCUT2D eigenvalue weighted by molar-refractivity contribution is 0.0941. The van der Waals surface area contributed by atoms with E-state index >= 15 is 0 Å². The maximum atomic E-state index is 12.0. The molecule has 1 atom stereocenters. The molecule has 0 saturated carbocycles. The SMILES string of the molecule is Cc1ccc(-c2nc(C(=O)NC[C@@H]3CCOC3)cs2)o1. The van der Waals surface area contributed by atoms with Gasteiger partial charge < -0.3 is 14.5 Å². The molecule has 0 radical (unpaired) electrons. The lowest BCUT2D eigenvalue weighted by atomic mass is 10.1. The minimum absolute atomic E-state index is 0.136. The first kappa shape index (κ1) is 13.3. The van der Waals surface area contributed by atoms with Crippen molar-refractivity contribution < 1.29 is 13.9 Å². The first-order chi connectivity index (χ1) is 9.72. The third kappa shape index (κ3) is 2.91. The highest BCUT2D eigenvalue weighted by Gasteiger charge is 2.18. The van der Waals surface area contributed by atoms with Crippen LogP contribution in [0.25, 0.3) is 10.8 Å². The number of aryl methyl sites for hydroxylation is 1. The quantitative estimate of drug-likeness (QED) is 0.940. The van der Waals surface area contributed by atoms with Crippen molar-refractivity contribution in [2.45, 2.75) is 13.3 Å². The van der Waals surface area contributed by atoms with Crippen LogP contribution in [0.4, 0.5) is 0 Å². The van der Waals surface area contributed by atoms with Gasteiger partial charge in [-0.1, -0.05) is 0 Å². The van der Waals surface area contributed by atoms with Crippen LogP contribution in [0.3, 0.4) is 0 Å². The highest BCUT2D eigenvalue weighted by atomic mass is 32.1. The van der Waals surface area contributed by atoms with Crippen molar-refractivity contribution in [3.63, 3.8) is 0 Å². The van der Waals surface area contributed by atoms with Crippen LogP contribution in [0.1, 0.15) is 22.7 Å². The standard InChI is InChI=1S/C14H16N2O3S/c1-9-2-3-12(19-9)14-16-11(8-20-14)13(17)15-6-10-4-5-18-7-10/h2-3,8,10H,4-7H2,1H3,(H,15,17)/t10-/m0/s1. The van der Waals surface area contributed by atoms with Crippen molar-refractivity contribution in [3.8, 4) is 10.8 Å². The largest absolute Gasteiger partial charge is 0.459 e. The van der Waals surface area contributed by atoms with Crippen molar-refractivity contribution in [3.05, 3.63) is 29.0 Å². The Labute approximate surface area is 121 Å². The van der Waals surface area contributed by atoms with Crippen LogP contribution in [0.5, 0.6) is 0 Å². The molecule has 6 heteroatoms. The fraction of sp³-hybridized carbons (Fsp3) is 0.429. The third-order valence-electron chi connectivity index (χ3n) is 3.26. The van der Waals surface area contributed by atoms with E-state index in [4.69, 9.17) is 9.15 Å². The van der Waals surface area contributed by atoms with E-state index in [-0.39, 0.29) is 5.91 Å². The Morgan fingerprint density at radius 2 is 2.45 bits per heavy atom. The monoisotopic (exact) mass is 292 g/mol. The van der Waals surface area contributed by atoms with E-state index < -0.39 is 0 Å². The minimum atomic E-state index is -0.136. The molecule has 1 saturated heterocycles. The zero-order valence-corrected chi connectivity index (χ0v) is 12.0. The van der Waals surface area contributed by atoms with Gasteiger partial charge in [0.15, 0.2) is 10.8 Å². The average Bonchev–Trinajstić information content (AvgIpc) is 3.16. The molecule has 0 aromatic carbocycles. The van der Waals surface area contributed by atoms with Crippen LogP contribution < -0.4 is 5.32 Å². The summed E-state index contributed by atoms with van der Waals surface area (Å²) >= 11 is 1.41. The van der Waals surface area contributed by atoms with Gasteiger partial charge in [-0.15, -0.1) is 11.3 Å². The molecule has 20 heavy (non-hydrogen) atoms. The van der Waals surface area contributed by atoms with Gasteiger partial charge in [-0.05, 0) is 25.5 Å². The number of thiazole rings is 1. The zero-order valence-electron chi connectivity index (χ0n) is 11.2. The molecule has 3 heterocycles. The van der Waals surface area contributed by atoms with Crippen LogP contribution in [0.15, 0.2) is 21.9 Å². The van der Waals surface area contributed by atoms with Crippen molar-refractivity contribution >= 4 is 17.2 Å². The number of ether oxygens (including phenoxy) is 1. The molecule has 2 aromatic heterocycles. The summed E-state index contributed by atoms with van der Waals surface area (Å²) in [6, 6.07) is 3.75. The topological polar surface area (TPSA) is 64.4 Å². The Balaban J connectivity index is 1.62. The van der Waals surface area contributed by atoms with Gasteiger partial charge in [0.25, 0.3) is 5.91 Å². The molecule has 0 spiro atoms. The number of nitrogens with one attached hydrogen (secondary N) is 1. The Hall–Kier alpha value is -1.66. The zero-order chi connectivity index (χ0) is 13.9. The molecule has 3 rings (SSSR count). The molecular weight excluding hydrogens is 276 g/mol. The third-order valence-corrected chi connectivity index (χ3v) is 4.12. The summed E-state index contributed by atoms with van der Waals surface area (Å²) in [5, 5.41) is 5.39. The average molecular weight is 292 g/mol. The lowest BCUT2D eigenvalue weighted by Crippen LogP contribution is -2.29. The van der Waals surface area contributed by atoms with Crippen molar-refractivity contribution in [2.24, 2.45) is 5.92 Å². The summed E-state index contributed by atoms with van der Waals surface area (Å²) in [5.41, 5.74) is 0.443. The smallest absolute Gasteiger partial charge is 0.270 e. The van der Waals surface area contributed by atoms with Crippen molar-refractivity contribution in [2.75, 3.05) is 19.8 Å². The molecule has 1 N–H and O–H groups in total. The number of rotatable bonds is 4. The number of carbonyl (C=O) groups excluding carboxylic acids is 1.